The second kappa shape index (κ2) is 19.2. The summed E-state index contributed by atoms with van der Waals surface area (Å²) in [7, 11) is 5.93. The molecule has 0 aliphatic carbocycles. The number of carbonyl (C=O) groups is 4. The van der Waals surface area contributed by atoms with E-state index in [1.165, 1.54) is 14.2 Å². The molecule has 13 nitrogen and oxygen atoms in total. The van der Waals surface area contributed by atoms with E-state index in [1.807, 2.05) is 50.2 Å². The number of aromatic nitrogens is 2. The number of ether oxygens (including phenoxy) is 4. The van der Waals surface area contributed by atoms with E-state index < -0.39 is 0 Å². The molecule has 2 fully saturated rings. The van der Waals surface area contributed by atoms with Gasteiger partial charge in [0.05, 0.1) is 28.4 Å². The van der Waals surface area contributed by atoms with Crippen LogP contribution in [0.4, 0.5) is 5.69 Å². The molecule has 2 aliphatic rings. The van der Waals surface area contributed by atoms with Crippen molar-refractivity contribution in [3.8, 4) is 22.6 Å². The van der Waals surface area contributed by atoms with Crippen molar-refractivity contribution in [3.63, 3.8) is 0 Å². The molecule has 13 heteroatoms. The van der Waals surface area contributed by atoms with Crippen LogP contribution in [0.1, 0.15) is 87.3 Å². The van der Waals surface area contributed by atoms with Crippen LogP contribution in [-0.4, -0.2) is 97.0 Å². The molecule has 58 heavy (non-hydrogen) atoms. The number of esters is 2. The van der Waals surface area contributed by atoms with Crippen LogP contribution in [-0.2, 0) is 38.6 Å². The van der Waals surface area contributed by atoms with E-state index in [4.69, 9.17) is 18.9 Å². The Kier molecular flexibility index (Phi) is 13.9. The maximum Gasteiger partial charge on any atom is 0.323 e. The van der Waals surface area contributed by atoms with Gasteiger partial charge in [-0.3, -0.25) is 38.9 Å². The smallest absolute Gasteiger partial charge is 0.323 e. The number of anilines is 1. The van der Waals surface area contributed by atoms with E-state index in [1.54, 1.807) is 38.7 Å². The largest absolute Gasteiger partial charge is 0.496 e. The number of piperidine rings is 2. The number of nitrogens with zero attached hydrogens (tertiary/aromatic N) is 4. The average Bonchev–Trinajstić information content (AvgIpc) is 3.25. The lowest BCUT2D eigenvalue weighted by Gasteiger charge is -2.33. The van der Waals surface area contributed by atoms with Gasteiger partial charge in [0.1, 0.15) is 35.0 Å². The Balaban J connectivity index is 1.16. The SMILES string of the molecule is COC(=O)[C@@H]1CCCCN1Cc1cnc(C(=O)Cc2cccc(-c3cccc(NC(=O)c4cc(OC)c(CN5CCCC[C@H]5C(=O)OC)cn4)c3C)c2C)cc1OC. The normalized spacial score (nSPS) is 17.3. The number of hydrogen-bond donors (Lipinski definition) is 1. The van der Waals surface area contributed by atoms with Crippen molar-refractivity contribution in [2.24, 2.45) is 0 Å². The Morgan fingerprint density at radius 1 is 0.672 bits per heavy atom. The summed E-state index contributed by atoms with van der Waals surface area (Å²) in [6, 6.07) is 14.3. The van der Waals surface area contributed by atoms with Gasteiger partial charge in [-0.15, -0.1) is 0 Å². The summed E-state index contributed by atoms with van der Waals surface area (Å²) in [5.74, 6) is 0.0171. The first kappa shape index (κ1) is 42.0. The number of pyridine rings is 2. The number of methoxy groups -OCH3 is 4. The van der Waals surface area contributed by atoms with Crippen LogP contribution < -0.4 is 14.8 Å². The highest BCUT2D eigenvalue weighted by Gasteiger charge is 2.32. The Labute approximate surface area is 340 Å². The zero-order valence-corrected chi connectivity index (χ0v) is 34.3. The Morgan fingerprint density at radius 3 is 1.74 bits per heavy atom. The Bertz CT molecular complexity index is 2000. The number of benzene rings is 2. The summed E-state index contributed by atoms with van der Waals surface area (Å²) in [4.78, 5) is 65.3. The minimum Gasteiger partial charge on any atom is -0.496 e. The van der Waals surface area contributed by atoms with Crippen molar-refractivity contribution in [3.05, 3.63) is 100 Å². The zero-order valence-electron chi connectivity index (χ0n) is 34.3. The highest BCUT2D eigenvalue weighted by atomic mass is 16.5. The minimum atomic E-state index is -0.389. The fourth-order valence-electron chi connectivity index (χ4n) is 8.11. The summed E-state index contributed by atoms with van der Waals surface area (Å²) in [6.45, 7) is 6.35. The minimum absolute atomic E-state index is 0.131. The van der Waals surface area contributed by atoms with Crippen molar-refractivity contribution >= 4 is 29.3 Å². The van der Waals surface area contributed by atoms with Crippen LogP contribution in [0.25, 0.3) is 11.1 Å². The van der Waals surface area contributed by atoms with Crippen LogP contribution >= 0.6 is 0 Å². The molecule has 2 aromatic carbocycles. The van der Waals surface area contributed by atoms with Gasteiger partial charge in [0, 0.05) is 60.9 Å². The van der Waals surface area contributed by atoms with Gasteiger partial charge in [0.25, 0.3) is 5.91 Å². The van der Waals surface area contributed by atoms with Crippen LogP contribution in [0.2, 0.25) is 0 Å². The highest BCUT2D eigenvalue weighted by Crippen LogP contribution is 2.34. The molecule has 0 saturated carbocycles. The summed E-state index contributed by atoms with van der Waals surface area (Å²) in [5.41, 5.74) is 7.20. The Hall–Kier alpha value is -5.66. The summed E-state index contributed by atoms with van der Waals surface area (Å²) in [6.07, 6.45) is 8.78. The first-order valence-corrected chi connectivity index (χ1v) is 19.8. The number of carbonyl (C=O) groups excluding carboxylic acids is 4. The molecule has 2 aliphatic heterocycles. The van der Waals surface area contributed by atoms with Crippen LogP contribution in [0.5, 0.6) is 11.5 Å². The van der Waals surface area contributed by atoms with E-state index in [-0.39, 0.29) is 47.8 Å². The average molecular weight is 792 g/mol. The topological polar surface area (TPSA) is 149 Å². The van der Waals surface area contributed by atoms with Gasteiger partial charge in [-0.25, -0.2) is 0 Å². The van der Waals surface area contributed by atoms with E-state index in [9.17, 15) is 19.2 Å². The van der Waals surface area contributed by atoms with Gasteiger partial charge < -0.3 is 24.3 Å². The van der Waals surface area contributed by atoms with Crippen LogP contribution in [0, 0.1) is 13.8 Å². The zero-order chi connectivity index (χ0) is 41.3. The lowest BCUT2D eigenvalue weighted by molar-refractivity contribution is -0.149. The number of hydrogen-bond acceptors (Lipinski definition) is 12. The molecular weight excluding hydrogens is 739 g/mol. The molecule has 2 aromatic heterocycles. The molecule has 0 spiro atoms. The molecule has 6 rings (SSSR count). The fraction of sp³-hybridized carbons (Fsp3) is 0.422. The lowest BCUT2D eigenvalue weighted by atomic mass is 9.91. The second-order valence-electron chi connectivity index (χ2n) is 14.9. The van der Waals surface area contributed by atoms with E-state index in [0.717, 1.165) is 90.6 Å². The first-order chi connectivity index (χ1) is 28.1. The molecular formula is C45H53N5O8. The third-order valence-electron chi connectivity index (χ3n) is 11.4. The van der Waals surface area contributed by atoms with E-state index in [0.29, 0.717) is 36.0 Å². The van der Waals surface area contributed by atoms with Crippen molar-refractivity contribution in [1.82, 2.24) is 19.8 Å². The number of rotatable bonds is 14. The second-order valence-corrected chi connectivity index (χ2v) is 14.9. The van der Waals surface area contributed by atoms with Gasteiger partial charge >= 0.3 is 11.9 Å². The van der Waals surface area contributed by atoms with Gasteiger partial charge in [0.2, 0.25) is 0 Å². The predicted octanol–water partition coefficient (Wildman–Crippen LogP) is 6.51. The molecule has 0 bridgehead atoms. The molecule has 2 saturated heterocycles. The number of ketones is 1. The number of nitrogens with one attached hydrogen (secondary N) is 1. The summed E-state index contributed by atoms with van der Waals surface area (Å²) < 4.78 is 21.5. The number of likely N-dealkylation sites (tertiary alicyclic amines) is 2. The highest BCUT2D eigenvalue weighted by molar-refractivity contribution is 6.04. The fourth-order valence-corrected chi connectivity index (χ4v) is 8.11. The summed E-state index contributed by atoms with van der Waals surface area (Å²) in [5, 5.41) is 3.03. The maximum absolute atomic E-state index is 13.7. The van der Waals surface area contributed by atoms with Crippen LogP contribution in [0.15, 0.2) is 60.9 Å². The number of Topliss-reactive ketones (excluding diaryl/α,β-unsaturated/α-hetero) is 1. The predicted molar refractivity (Wildman–Crippen MR) is 219 cm³/mol. The quantitative estimate of drug-likeness (QED) is 0.110. The third kappa shape index (κ3) is 9.37. The molecule has 306 valence electrons. The van der Waals surface area contributed by atoms with Crippen LogP contribution in [0.3, 0.4) is 0 Å². The molecule has 0 unspecified atom stereocenters. The van der Waals surface area contributed by atoms with Gasteiger partial charge in [-0.05, 0) is 86.5 Å². The number of amides is 1. The van der Waals surface area contributed by atoms with Gasteiger partial charge in [-0.1, -0.05) is 43.2 Å². The lowest BCUT2D eigenvalue weighted by Crippen LogP contribution is -2.44. The Morgan fingerprint density at radius 2 is 1.19 bits per heavy atom. The molecule has 2 atom stereocenters. The van der Waals surface area contributed by atoms with Gasteiger partial charge in [0.15, 0.2) is 5.78 Å². The van der Waals surface area contributed by atoms with E-state index in [2.05, 4.69) is 25.1 Å². The molecule has 0 radical (unpaired) electrons. The molecule has 1 N–H and O–H groups in total. The van der Waals surface area contributed by atoms with Gasteiger partial charge in [-0.2, -0.15) is 0 Å². The standard InChI is InChI=1S/C45H53N5O8/c1-28-30(21-40(51)36-22-41(55-3)31(24-46-36)26-49-19-9-7-17-38(49)44(53)57-5)13-11-14-33(28)34-15-12-16-35(29(34)2)48-43(52)37-23-42(56-4)32(25-47-37)27-50-20-10-8-18-39(50)45(54)58-6/h11-16,22-25,38-39H,7-10,17-21,26-27H2,1-6H3,(H,48,52)/t38-,39-/m0/s1. The van der Waals surface area contributed by atoms with Crippen molar-refractivity contribution in [1.29, 1.82) is 0 Å². The van der Waals surface area contributed by atoms with Crippen molar-refractivity contribution in [2.45, 2.75) is 84.0 Å². The van der Waals surface area contributed by atoms with Crippen molar-refractivity contribution in [2.75, 3.05) is 46.8 Å². The first-order valence-electron chi connectivity index (χ1n) is 19.8. The molecule has 4 heterocycles. The third-order valence-corrected chi connectivity index (χ3v) is 11.4. The molecule has 1 amide bonds. The maximum atomic E-state index is 13.7. The monoisotopic (exact) mass is 791 g/mol. The summed E-state index contributed by atoms with van der Waals surface area (Å²) >= 11 is 0. The molecule has 4 aromatic rings. The van der Waals surface area contributed by atoms with E-state index >= 15 is 0 Å². The van der Waals surface area contributed by atoms with Crippen molar-refractivity contribution < 1.29 is 38.1 Å².